The average Bonchev–Trinajstić information content (AvgIpc) is 3.74. The van der Waals surface area contributed by atoms with Crippen molar-refractivity contribution in [2.75, 3.05) is 0 Å². The van der Waals surface area contributed by atoms with Gasteiger partial charge >= 0.3 is 0 Å². The first-order valence-corrected chi connectivity index (χ1v) is 16.7. The van der Waals surface area contributed by atoms with Crippen LogP contribution in [-0.4, -0.2) is 19.5 Å². The first-order valence-electron chi connectivity index (χ1n) is 16.7. The summed E-state index contributed by atoms with van der Waals surface area (Å²) >= 11 is 0. The van der Waals surface area contributed by atoms with E-state index < -0.39 is 0 Å². The van der Waals surface area contributed by atoms with Gasteiger partial charge in [0.25, 0.3) is 0 Å². The standard InChI is InChI=1S/C45H28N4O/c1-3-11-29(12-4-1)30-19-21-32(22-20-30)44-46-43(31-13-5-2-6-14-31)47-45(48-44)33-23-25-34(26-24-33)49-37-17-9-7-15-35(37)41-38(49)27-28-40-42(41)36-16-8-10-18-39(36)50-40/h1-28H. The molecule has 0 bridgehead atoms. The molecule has 0 aliphatic heterocycles. The molecule has 0 aliphatic rings. The fourth-order valence-corrected chi connectivity index (χ4v) is 7.10. The molecule has 0 saturated carbocycles. The first-order chi connectivity index (χ1) is 24.8. The number of rotatable bonds is 5. The predicted octanol–water partition coefficient (Wildman–Crippen LogP) is 11.5. The van der Waals surface area contributed by atoms with Gasteiger partial charge in [0.05, 0.1) is 11.0 Å². The Kier molecular flexibility index (Phi) is 6.42. The van der Waals surface area contributed by atoms with Gasteiger partial charge in [-0.05, 0) is 59.7 Å². The highest BCUT2D eigenvalue weighted by atomic mass is 16.3. The van der Waals surface area contributed by atoms with Crippen molar-refractivity contribution in [1.82, 2.24) is 19.5 Å². The van der Waals surface area contributed by atoms with Crippen LogP contribution in [0, 0.1) is 0 Å². The van der Waals surface area contributed by atoms with Gasteiger partial charge in [0.15, 0.2) is 17.5 Å². The largest absolute Gasteiger partial charge is 0.456 e. The third-order valence-corrected chi connectivity index (χ3v) is 9.48. The van der Waals surface area contributed by atoms with Gasteiger partial charge in [-0.1, -0.05) is 121 Å². The number of hydrogen-bond acceptors (Lipinski definition) is 4. The number of fused-ring (bicyclic) bond motifs is 7. The Bertz CT molecular complexity index is 2840. The summed E-state index contributed by atoms with van der Waals surface area (Å²) in [7, 11) is 0. The van der Waals surface area contributed by atoms with Crippen LogP contribution in [0.15, 0.2) is 174 Å². The molecule has 3 aromatic heterocycles. The molecule has 0 fully saturated rings. The van der Waals surface area contributed by atoms with Crippen molar-refractivity contribution < 1.29 is 4.42 Å². The zero-order valence-electron chi connectivity index (χ0n) is 26.9. The van der Waals surface area contributed by atoms with E-state index in [2.05, 4.69) is 126 Å². The Balaban J connectivity index is 1.10. The van der Waals surface area contributed by atoms with Crippen LogP contribution in [0.2, 0.25) is 0 Å². The summed E-state index contributed by atoms with van der Waals surface area (Å²) in [6.07, 6.45) is 0. The minimum absolute atomic E-state index is 0.626. The van der Waals surface area contributed by atoms with Crippen molar-refractivity contribution in [3.05, 3.63) is 170 Å². The van der Waals surface area contributed by atoms with Crippen molar-refractivity contribution >= 4 is 43.7 Å². The van der Waals surface area contributed by atoms with Crippen LogP contribution in [-0.2, 0) is 0 Å². The minimum Gasteiger partial charge on any atom is -0.456 e. The summed E-state index contributed by atoms with van der Waals surface area (Å²) in [5.74, 6) is 1.90. The highest BCUT2D eigenvalue weighted by molar-refractivity contribution is 6.27. The molecule has 50 heavy (non-hydrogen) atoms. The Morgan fingerprint density at radius 2 is 0.840 bits per heavy atom. The van der Waals surface area contributed by atoms with Gasteiger partial charge in [-0.3, -0.25) is 0 Å². The monoisotopic (exact) mass is 640 g/mol. The molecule has 0 N–H and O–H groups in total. The summed E-state index contributed by atoms with van der Waals surface area (Å²) in [5, 5.41) is 4.66. The van der Waals surface area contributed by atoms with Gasteiger partial charge in [0.1, 0.15) is 11.2 Å². The molecule has 234 valence electrons. The molecule has 0 atom stereocenters. The van der Waals surface area contributed by atoms with Crippen LogP contribution >= 0.6 is 0 Å². The van der Waals surface area contributed by atoms with E-state index in [1.807, 2.05) is 48.5 Å². The molecule has 5 nitrogen and oxygen atoms in total. The molecular weight excluding hydrogens is 613 g/mol. The molecule has 0 radical (unpaired) electrons. The van der Waals surface area contributed by atoms with Crippen LogP contribution in [0.1, 0.15) is 0 Å². The Morgan fingerprint density at radius 1 is 0.340 bits per heavy atom. The fourth-order valence-electron chi connectivity index (χ4n) is 7.10. The fraction of sp³-hybridized carbons (Fsp3) is 0. The molecule has 0 amide bonds. The Morgan fingerprint density at radius 3 is 1.52 bits per heavy atom. The smallest absolute Gasteiger partial charge is 0.164 e. The number of furan rings is 1. The third-order valence-electron chi connectivity index (χ3n) is 9.48. The van der Waals surface area contributed by atoms with Crippen molar-refractivity contribution in [2.45, 2.75) is 0 Å². The van der Waals surface area contributed by atoms with Crippen molar-refractivity contribution in [3.63, 3.8) is 0 Å². The lowest BCUT2D eigenvalue weighted by Gasteiger charge is -2.11. The molecule has 0 spiro atoms. The van der Waals surface area contributed by atoms with E-state index in [1.165, 1.54) is 16.3 Å². The van der Waals surface area contributed by atoms with Crippen LogP contribution in [0.25, 0.3) is 94.7 Å². The maximum atomic E-state index is 6.27. The zero-order chi connectivity index (χ0) is 33.0. The molecule has 0 aliphatic carbocycles. The van der Waals surface area contributed by atoms with Crippen LogP contribution in [0.3, 0.4) is 0 Å². The van der Waals surface area contributed by atoms with E-state index in [4.69, 9.17) is 19.4 Å². The highest BCUT2D eigenvalue weighted by Crippen LogP contribution is 2.41. The second-order valence-electron chi connectivity index (χ2n) is 12.4. The third kappa shape index (κ3) is 4.60. The van der Waals surface area contributed by atoms with Gasteiger partial charge in [0, 0.05) is 43.9 Å². The lowest BCUT2D eigenvalue weighted by atomic mass is 10.0. The van der Waals surface area contributed by atoms with Crippen LogP contribution in [0.4, 0.5) is 0 Å². The number of aromatic nitrogens is 4. The minimum atomic E-state index is 0.626. The molecule has 0 saturated heterocycles. The van der Waals surface area contributed by atoms with Crippen LogP contribution < -0.4 is 0 Å². The second-order valence-corrected chi connectivity index (χ2v) is 12.4. The van der Waals surface area contributed by atoms with E-state index in [9.17, 15) is 0 Å². The summed E-state index contributed by atoms with van der Waals surface area (Å²) in [4.78, 5) is 14.9. The summed E-state index contributed by atoms with van der Waals surface area (Å²) in [5.41, 5.74) is 10.2. The predicted molar refractivity (Wildman–Crippen MR) is 203 cm³/mol. The molecular formula is C45H28N4O. The van der Waals surface area contributed by atoms with Gasteiger partial charge in [-0.15, -0.1) is 0 Å². The van der Waals surface area contributed by atoms with Gasteiger partial charge in [-0.2, -0.15) is 0 Å². The Labute approximate surface area is 287 Å². The summed E-state index contributed by atoms with van der Waals surface area (Å²) in [6.45, 7) is 0. The molecule has 10 aromatic rings. The van der Waals surface area contributed by atoms with Gasteiger partial charge < -0.3 is 8.98 Å². The summed E-state index contributed by atoms with van der Waals surface area (Å²) in [6, 6.07) is 58.5. The van der Waals surface area contributed by atoms with E-state index in [0.29, 0.717) is 17.5 Å². The highest BCUT2D eigenvalue weighted by Gasteiger charge is 2.19. The quantitative estimate of drug-likeness (QED) is 0.188. The SMILES string of the molecule is c1ccc(-c2ccc(-c3nc(-c4ccccc4)nc(-c4ccc(-n5c6ccccc6c6c7c(ccc65)oc5ccccc57)cc4)n3)cc2)cc1. The maximum Gasteiger partial charge on any atom is 0.164 e. The van der Waals surface area contributed by atoms with E-state index >= 15 is 0 Å². The first kappa shape index (κ1) is 28.2. The molecule has 0 unspecified atom stereocenters. The van der Waals surface area contributed by atoms with Crippen molar-refractivity contribution in [2.24, 2.45) is 0 Å². The van der Waals surface area contributed by atoms with Crippen molar-refractivity contribution in [1.29, 1.82) is 0 Å². The second kappa shape index (κ2) is 11.4. The van der Waals surface area contributed by atoms with Gasteiger partial charge in [0.2, 0.25) is 0 Å². The molecule has 5 heteroatoms. The lowest BCUT2D eigenvalue weighted by Crippen LogP contribution is -2.00. The number of para-hydroxylation sites is 2. The van der Waals surface area contributed by atoms with E-state index in [-0.39, 0.29) is 0 Å². The van der Waals surface area contributed by atoms with E-state index in [0.717, 1.165) is 60.9 Å². The van der Waals surface area contributed by atoms with Crippen LogP contribution in [0.5, 0.6) is 0 Å². The topological polar surface area (TPSA) is 56.7 Å². The normalized spacial score (nSPS) is 11.6. The van der Waals surface area contributed by atoms with Gasteiger partial charge in [-0.25, -0.2) is 15.0 Å². The summed E-state index contributed by atoms with van der Waals surface area (Å²) < 4.78 is 8.60. The molecule has 7 aromatic carbocycles. The zero-order valence-corrected chi connectivity index (χ0v) is 26.9. The number of benzene rings is 7. The number of hydrogen-bond donors (Lipinski definition) is 0. The van der Waals surface area contributed by atoms with Crippen molar-refractivity contribution in [3.8, 4) is 51.0 Å². The Hall–Kier alpha value is -6.85. The van der Waals surface area contributed by atoms with E-state index in [1.54, 1.807) is 0 Å². The average molecular weight is 641 g/mol. The molecule has 10 rings (SSSR count). The molecule has 3 heterocycles. The number of nitrogens with zero attached hydrogens (tertiary/aromatic N) is 4. The maximum absolute atomic E-state index is 6.27. The lowest BCUT2D eigenvalue weighted by molar-refractivity contribution is 0.669.